The Morgan fingerprint density at radius 1 is 1.00 bits per heavy atom. The fourth-order valence-corrected chi connectivity index (χ4v) is 3.69. The first kappa shape index (κ1) is 21.4. The van der Waals surface area contributed by atoms with Gasteiger partial charge in [0.05, 0.1) is 0 Å². The number of amides is 2. The van der Waals surface area contributed by atoms with E-state index < -0.39 is 30.1 Å². The molecule has 2 aromatic rings. The molecule has 2 aromatic carbocycles. The summed E-state index contributed by atoms with van der Waals surface area (Å²) >= 11 is 0. The topological polar surface area (TPSA) is 105 Å². The summed E-state index contributed by atoms with van der Waals surface area (Å²) < 4.78 is 5.50. The number of hydrogen-bond donors (Lipinski definition) is 3. The van der Waals surface area contributed by atoms with Gasteiger partial charge in [-0.25, -0.2) is 4.79 Å². The van der Waals surface area contributed by atoms with Crippen LogP contribution < -0.4 is 10.6 Å². The lowest BCUT2D eigenvalue weighted by atomic mass is 9.98. The van der Waals surface area contributed by atoms with E-state index in [1.807, 2.05) is 43.3 Å². The van der Waals surface area contributed by atoms with E-state index in [9.17, 15) is 14.4 Å². The maximum absolute atomic E-state index is 12.3. The van der Waals surface area contributed by atoms with Crippen LogP contribution in [0.15, 0.2) is 48.5 Å². The van der Waals surface area contributed by atoms with E-state index in [4.69, 9.17) is 9.84 Å². The van der Waals surface area contributed by atoms with Gasteiger partial charge in [0.25, 0.3) is 0 Å². The Bertz CT molecular complexity index is 897. The number of carboxylic acid groups (broad SMARTS) is 1. The number of aliphatic carboxylic acids is 1. The van der Waals surface area contributed by atoms with Gasteiger partial charge in [-0.1, -0.05) is 55.5 Å². The Kier molecular flexibility index (Phi) is 6.72. The Labute approximate surface area is 175 Å². The Morgan fingerprint density at radius 2 is 1.57 bits per heavy atom. The van der Waals surface area contributed by atoms with Crippen LogP contribution in [0.3, 0.4) is 0 Å². The Balaban J connectivity index is 1.58. The van der Waals surface area contributed by atoms with Crippen molar-refractivity contribution in [1.29, 1.82) is 0 Å². The first-order valence-corrected chi connectivity index (χ1v) is 10.0. The quantitative estimate of drug-likeness (QED) is 0.619. The van der Waals surface area contributed by atoms with E-state index in [-0.39, 0.29) is 18.9 Å². The molecule has 0 bridgehead atoms. The van der Waals surface area contributed by atoms with E-state index in [0.717, 1.165) is 22.3 Å². The minimum atomic E-state index is -1.11. The van der Waals surface area contributed by atoms with E-state index in [1.165, 1.54) is 6.92 Å². The van der Waals surface area contributed by atoms with Crippen molar-refractivity contribution in [2.75, 3.05) is 6.61 Å². The second kappa shape index (κ2) is 9.43. The Morgan fingerprint density at radius 3 is 2.10 bits per heavy atom. The maximum atomic E-state index is 12.3. The summed E-state index contributed by atoms with van der Waals surface area (Å²) in [6, 6.07) is 14.7. The highest BCUT2D eigenvalue weighted by atomic mass is 16.5. The molecule has 158 valence electrons. The molecule has 0 aliphatic heterocycles. The molecule has 1 aliphatic carbocycles. The molecule has 0 saturated heterocycles. The molecule has 2 amide bonds. The summed E-state index contributed by atoms with van der Waals surface area (Å²) in [5, 5.41) is 14.0. The molecule has 0 spiro atoms. The monoisotopic (exact) mass is 410 g/mol. The van der Waals surface area contributed by atoms with Gasteiger partial charge in [0, 0.05) is 18.4 Å². The van der Waals surface area contributed by atoms with Crippen molar-refractivity contribution in [3.05, 3.63) is 59.7 Å². The van der Waals surface area contributed by atoms with E-state index in [0.29, 0.717) is 6.42 Å². The second-order valence-electron chi connectivity index (χ2n) is 7.41. The predicted molar refractivity (Wildman–Crippen MR) is 112 cm³/mol. The number of benzene rings is 2. The molecule has 30 heavy (non-hydrogen) atoms. The SMILES string of the molecule is CC[C@@H](CC(=O)N[C@@H](C)C(=O)O)NC(=O)OCC1c2ccccc2-c2ccccc21. The van der Waals surface area contributed by atoms with Crippen LogP contribution >= 0.6 is 0 Å². The highest BCUT2D eigenvalue weighted by Crippen LogP contribution is 2.44. The average Bonchev–Trinajstić information content (AvgIpc) is 3.05. The zero-order valence-corrected chi connectivity index (χ0v) is 17.1. The minimum absolute atomic E-state index is 0.0156. The number of rotatable bonds is 8. The van der Waals surface area contributed by atoms with Crippen LogP contribution in [0.25, 0.3) is 11.1 Å². The molecular formula is C23H26N2O5. The summed E-state index contributed by atoms with van der Waals surface area (Å²) in [6.07, 6.45) is -0.0972. The lowest BCUT2D eigenvalue weighted by molar-refractivity contribution is -0.141. The van der Waals surface area contributed by atoms with Gasteiger partial charge >= 0.3 is 12.1 Å². The van der Waals surface area contributed by atoms with Gasteiger partial charge in [0.15, 0.2) is 0 Å². The average molecular weight is 410 g/mol. The lowest BCUT2D eigenvalue weighted by Gasteiger charge is -2.19. The predicted octanol–water partition coefficient (Wildman–Crippen LogP) is 3.28. The van der Waals surface area contributed by atoms with Gasteiger partial charge in [-0.05, 0) is 35.6 Å². The van der Waals surface area contributed by atoms with Crippen molar-refractivity contribution in [2.24, 2.45) is 0 Å². The van der Waals surface area contributed by atoms with E-state index in [2.05, 4.69) is 22.8 Å². The smallest absolute Gasteiger partial charge is 0.407 e. The van der Waals surface area contributed by atoms with Crippen LogP contribution in [0.5, 0.6) is 0 Å². The largest absolute Gasteiger partial charge is 0.480 e. The summed E-state index contributed by atoms with van der Waals surface area (Å²) in [7, 11) is 0. The fourth-order valence-electron chi connectivity index (χ4n) is 3.69. The molecule has 3 N–H and O–H groups in total. The molecule has 7 nitrogen and oxygen atoms in total. The van der Waals surface area contributed by atoms with Gasteiger partial charge in [0.2, 0.25) is 5.91 Å². The zero-order chi connectivity index (χ0) is 21.7. The molecule has 1 aliphatic rings. The number of carboxylic acids is 1. The number of alkyl carbamates (subject to hydrolysis) is 1. The van der Waals surface area contributed by atoms with Crippen LogP contribution in [0, 0.1) is 0 Å². The van der Waals surface area contributed by atoms with Gasteiger partial charge in [-0.3, -0.25) is 9.59 Å². The second-order valence-corrected chi connectivity index (χ2v) is 7.41. The van der Waals surface area contributed by atoms with Crippen LogP contribution in [0.4, 0.5) is 4.79 Å². The molecule has 0 aromatic heterocycles. The van der Waals surface area contributed by atoms with Crippen molar-refractivity contribution in [2.45, 2.75) is 44.7 Å². The first-order valence-electron chi connectivity index (χ1n) is 10.0. The van der Waals surface area contributed by atoms with Gasteiger partial charge in [-0.2, -0.15) is 0 Å². The summed E-state index contributed by atoms with van der Waals surface area (Å²) in [4.78, 5) is 35.2. The van der Waals surface area contributed by atoms with Crippen molar-refractivity contribution >= 4 is 18.0 Å². The van der Waals surface area contributed by atoms with Gasteiger partial charge in [0.1, 0.15) is 12.6 Å². The Hall–Kier alpha value is -3.35. The normalized spacial score (nSPS) is 14.2. The highest BCUT2D eigenvalue weighted by Gasteiger charge is 2.29. The number of fused-ring (bicyclic) bond motifs is 3. The van der Waals surface area contributed by atoms with Gasteiger partial charge in [-0.15, -0.1) is 0 Å². The lowest BCUT2D eigenvalue weighted by Crippen LogP contribution is -2.43. The number of hydrogen-bond acceptors (Lipinski definition) is 4. The molecule has 2 atom stereocenters. The van der Waals surface area contributed by atoms with Crippen LogP contribution in [-0.4, -0.2) is 41.8 Å². The number of carbonyl (C=O) groups is 3. The van der Waals surface area contributed by atoms with Crippen molar-refractivity contribution in [3.8, 4) is 11.1 Å². The summed E-state index contributed by atoms with van der Waals surface area (Å²) in [5.74, 6) is -1.58. The summed E-state index contributed by atoms with van der Waals surface area (Å²) in [5.41, 5.74) is 4.55. The standard InChI is InChI=1S/C23H26N2O5/c1-3-15(12-21(26)24-14(2)22(27)28)25-23(29)30-13-20-18-10-6-4-8-16(18)17-9-5-7-11-19(17)20/h4-11,14-15,20H,3,12-13H2,1-2H3,(H,24,26)(H,25,29)(H,27,28)/t14-,15-/m0/s1. The van der Waals surface area contributed by atoms with Gasteiger partial charge < -0.3 is 20.5 Å². The van der Waals surface area contributed by atoms with Crippen molar-refractivity contribution < 1.29 is 24.2 Å². The van der Waals surface area contributed by atoms with E-state index >= 15 is 0 Å². The minimum Gasteiger partial charge on any atom is -0.480 e. The molecular weight excluding hydrogens is 384 g/mol. The zero-order valence-electron chi connectivity index (χ0n) is 17.1. The fraction of sp³-hybridized carbons (Fsp3) is 0.348. The van der Waals surface area contributed by atoms with Crippen LogP contribution in [0.1, 0.15) is 43.7 Å². The van der Waals surface area contributed by atoms with Crippen molar-refractivity contribution in [3.63, 3.8) is 0 Å². The third-order valence-corrected chi connectivity index (χ3v) is 5.34. The van der Waals surface area contributed by atoms with Crippen LogP contribution in [0.2, 0.25) is 0 Å². The first-order chi connectivity index (χ1) is 14.4. The van der Waals surface area contributed by atoms with Crippen molar-refractivity contribution in [1.82, 2.24) is 10.6 Å². The molecule has 3 rings (SSSR count). The molecule has 0 fully saturated rings. The molecule has 0 saturated carbocycles. The van der Waals surface area contributed by atoms with Crippen LogP contribution in [-0.2, 0) is 14.3 Å². The number of nitrogens with one attached hydrogen (secondary N) is 2. The number of ether oxygens (including phenoxy) is 1. The third kappa shape index (κ3) is 4.79. The van der Waals surface area contributed by atoms with E-state index in [1.54, 1.807) is 0 Å². The molecule has 0 heterocycles. The molecule has 0 unspecified atom stereocenters. The highest BCUT2D eigenvalue weighted by molar-refractivity contribution is 5.84. The third-order valence-electron chi connectivity index (χ3n) is 5.34. The molecule has 7 heteroatoms. The maximum Gasteiger partial charge on any atom is 0.407 e. The summed E-state index contributed by atoms with van der Waals surface area (Å²) in [6.45, 7) is 3.42. The number of carbonyl (C=O) groups excluding carboxylic acids is 2. The molecule has 0 radical (unpaired) electrons.